The zero-order valence-corrected chi connectivity index (χ0v) is 13.9. The summed E-state index contributed by atoms with van der Waals surface area (Å²) in [4.78, 5) is 2.72. The molecule has 0 saturated heterocycles. The summed E-state index contributed by atoms with van der Waals surface area (Å²) in [6.45, 7) is 4.72. The maximum Gasteiger partial charge on any atom is 0.0246 e. The van der Waals surface area contributed by atoms with Crippen LogP contribution in [0.3, 0.4) is 0 Å². The first-order valence-corrected chi connectivity index (χ1v) is 9.25. The lowest BCUT2D eigenvalue weighted by molar-refractivity contribution is 0.131. The van der Waals surface area contributed by atoms with Gasteiger partial charge in [-0.1, -0.05) is 51.9 Å². The molecule has 0 heterocycles. The van der Waals surface area contributed by atoms with Crippen molar-refractivity contribution < 1.29 is 0 Å². The highest BCUT2D eigenvalue weighted by molar-refractivity contribution is 4.86. The van der Waals surface area contributed by atoms with E-state index < -0.39 is 0 Å². The van der Waals surface area contributed by atoms with Gasteiger partial charge in [-0.15, -0.1) is 0 Å². The van der Waals surface area contributed by atoms with Gasteiger partial charge in [-0.2, -0.15) is 0 Å². The van der Waals surface area contributed by atoms with Crippen molar-refractivity contribution in [2.45, 2.75) is 89.6 Å². The van der Waals surface area contributed by atoms with Crippen molar-refractivity contribution in [3.05, 3.63) is 0 Å². The normalized spacial score (nSPS) is 30.1. The molecule has 0 aromatic heterocycles. The predicted molar refractivity (Wildman–Crippen MR) is 88.2 cm³/mol. The minimum Gasteiger partial charge on any atom is -0.313 e. The maximum atomic E-state index is 3.78. The van der Waals surface area contributed by atoms with E-state index in [0.29, 0.717) is 0 Å². The van der Waals surface area contributed by atoms with Crippen LogP contribution in [0.1, 0.15) is 77.6 Å². The standard InChI is InChI=1S/C18H36N2/c1-3-19-17-13-9-4-5-10-14-18(17)20(2)15-16-11-7-6-8-12-16/h16-19H,3-15H2,1-2H3. The molecule has 2 aliphatic carbocycles. The predicted octanol–water partition coefficient (Wildman–Crippen LogP) is 4.20. The van der Waals surface area contributed by atoms with Gasteiger partial charge < -0.3 is 10.2 Å². The van der Waals surface area contributed by atoms with Gasteiger partial charge in [0.2, 0.25) is 0 Å². The molecular weight excluding hydrogens is 244 g/mol. The first kappa shape index (κ1) is 16.3. The first-order chi connectivity index (χ1) is 9.81. The average molecular weight is 281 g/mol. The number of hydrogen-bond acceptors (Lipinski definition) is 2. The van der Waals surface area contributed by atoms with Gasteiger partial charge >= 0.3 is 0 Å². The second kappa shape index (κ2) is 9.04. The second-order valence-corrected chi connectivity index (χ2v) is 7.17. The Morgan fingerprint density at radius 3 is 2.15 bits per heavy atom. The van der Waals surface area contributed by atoms with Crippen molar-refractivity contribution in [2.24, 2.45) is 5.92 Å². The van der Waals surface area contributed by atoms with Crippen molar-refractivity contribution in [1.29, 1.82) is 0 Å². The third kappa shape index (κ3) is 5.04. The first-order valence-electron chi connectivity index (χ1n) is 9.25. The van der Waals surface area contributed by atoms with Crippen LogP contribution in [0.15, 0.2) is 0 Å². The maximum absolute atomic E-state index is 3.78. The molecule has 2 saturated carbocycles. The summed E-state index contributed by atoms with van der Waals surface area (Å²) < 4.78 is 0. The van der Waals surface area contributed by atoms with Gasteiger partial charge in [0, 0.05) is 18.6 Å². The van der Waals surface area contributed by atoms with Crippen LogP contribution in [0.5, 0.6) is 0 Å². The van der Waals surface area contributed by atoms with Crippen molar-refractivity contribution in [1.82, 2.24) is 10.2 Å². The van der Waals surface area contributed by atoms with Crippen LogP contribution in [0.2, 0.25) is 0 Å². The van der Waals surface area contributed by atoms with Crippen LogP contribution in [0.25, 0.3) is 0 Å². The average Bonchev–Trinajstić information content (AvgIpc) is 2.43. The van der Waals surface area contributed by atoms with Crippen LogP contribution in [-0.2, 0) is 0 Å². The fraction of sp³-hybridized carbons (Fsp3) is 1.00. The highest BCUT2D eigenvalue weighted by Crippen LogP contribution is 2.27. The van der Waals surface area contributed by atoms with E-state index in [0.717, 1.165) is 24.5 Å². The highest BCUT2D eigenvalue weighted by atomic mass is 15.2. The van der Waals surface area contributed by atoms with Crippen LogP contribution >= 0.6 is 0 Å². The zero-order valence-electron chi connectivity index (χ0n) is 13.9. The van der Waals surface area contributed by atoms with Crippen LogP contribution < -0.4 is 5.32 Å². The van der Waals surface area contributed by atoms with Gasteiger partial charge in [0.15, 0.2) is 0 Å². The van der Waals surface area contributed by atoms with Crippen LogP contribution in [-0.4, -0.2) is 37.1 Å². The molecule has 0 aromatic carbocycles. The molecular formula is C18H36N2. The molecule has 0 aliphatic heterocycles. The number of likely N-dealkylation sites (N-methyl/N-ethyl adjacent to an activating group) is 2. The Balaban J connectivity index is 1.89. The summed E-state index contributed by atoms with van der Waals surface area (Å²) in [6, 6.07) is 1.51. The van der Waals surface area contributed by atoms with Crippen LogP contribution in [0.4, 0.5) is 0 Å². The summed E-state index contributed by atoms with van der Waals surface area (Å²) >= 11 is 0. The lowest BCUT2D eigenvalue weighted by Gasteiger charge is -2.39. The topological polar surface area (TPSA) is 15.3 Å². The number of nitrogens with zero attached hydrogens (tertiary/aromatic N) is 1. The largest absolute Gasteiger partial charge is 0.313 e. The van der Waals surface area contributed by atoms with Gasteiger partial charge in [-0.3, -0.25) is 0 Å². The van der Waals surface area contributed by atoms with Crippen molar-refractivity contribution in [3.8, 4) is 0 Å². The Labute approximate surface area is 126 Å². The fourth-order valence-corrected chi connectivity index (χ4v) is 4.41. The highest BCUT2D eigenvalue weighted by Gasteiger charge is 2.27. The molecule has 0 radical (unpaired) electrons. The SMILES string of the molecule is CCNC1CCCCCCC1N(C)CC1CCCCC1. The number of nitrogens with one attached hydrogen (secondary N) is 1. The molecule has 1 N–H and O–H groups in total. The summed E-state index contributed by atoms with van der Waals surface area (Å²) in [7, 11) is 2.39. The lowest BCUT2D eigenvalue weighted by atomic mass is 9.87. The van der Waals surface area contributed by atoms with Gasteiger partial charge in [0.25, 0.3) is 0 Å². The van der Waals surface area contributed by atoms with E-state index in [9.17, 15) is 0 Å². The number of hydrogen-bond donors (Lipinski definition) is 1. The molecule has 2 rings (SSSR count). The van der Waals surface area contributed by atoms with E-state index in [1.807, 2.05) is 0 Å². The van der Waals surface area contributed by atoms with Crippen molar-refractivity contribution in [2.75, 3.05) is 20.1 Å². The third-order valence-corrected chi connectivity index (χ3v) is 5.53. The Kier molecular flexibility index (Phi) is 7.37. The zero-order chi connectivity index (χ0) is 14.2. The fourth-order valence-electron chi connectivity index (χ4n) is 4.41. The van der Waals surface area contributed by atoms with E-state index in [2.05, 4.69) is 24.2 Å². The van der Waals surface area contributed by atoms with Gasteiger partial charge in [-0.25, -0.2) is 0 Å². The molecule has 0 aromatic rings. The second-order valence-electron chi connectivity index (χ2n) is 7.17. The minimum absolute atomic E-state index is 0.730. The van der Waals surface area contributed by atoms with E-state index >= 15 is 0 Å². The Morgan fingerprint density at radius 2 is 1.45 bits per heavy atom. The molecule has 2 atom stereocenters. The molecule has 20 heavy (non-hydrogen) atoms. The Hall–Kier alpha value is -0.0800. The Morgan fingerprint density at radius 1 is 0.850 bits per heavy atom. The van der Waals surface area contributed by atoms with E-state index in [1.54, 1.807) is 0 Å². The summed E-state index contributed by atoms with van der Waals surface area (Å²) in [5.41, 5.74) is 0. The molecule has 2 aliphatic rings. The lowest BCUT2D eigenvalue weighted by Crippen LogP contribution is -2.50. The monoisotopic (exact) mass is 280 g/mol. The molecule has 2 heteroatoms. The third-order valence-electron chi connectivity index (χ3n) is 5.53. The van der Waals surface area contributed by atoms with E-state index in [4.69, 9.17) is 0 Å². The molecule has 2 fully saturated rings. The number of rotatable bonds is 5. The van der Waals surface area contributed by atoms with Gasteiger partial charge in [-0.05, 0) is 45.2 Å². The van der Waals surface area contributed by atoms with E-state index in [-0.39, 0.29) is 0 Å². The minimum atomic E-state index is 0.730. The van der Waals surface area contributed by atoms with Gasteiger partial charge in [0.1, 0.15) is 0 Å². The van der Waals surface area contributed by atoms with E-state index in [1.165, 1.54) is 77.2 Å². The molecule has 118 valence electrons. The smallest absolute Gasteiger partial charge is 0.0246 e. The summed E-state index contributed by atoms with van der Waals surface area (Å²) in [6.07, 6.45) is 15.9. The summed E-state index contributed by atoms with van der Waals surface area (Å²) in [5.74, 6) is 0.974. The molecule has 2 unspecified atom stereocenters. The quantitative estimate of drug-likeness (QED) is 0.812. The van der Waals surface area contributed by atoms with Crippen molar-refractivity contribution in [3.63, 3.8) is 0 Å². The molecule has 0 spiro atoms. The van der Waals surface area contributed by atoms with Gasteiger partial charge in [0.05, 0.1) is 0 Å². The molecule has 0 bridgehead atoms. The molecule has 2 nitrogen and oxygen atoms in total. The summed E-state index contributed by atoms with van der Waals surface area (Å²) in [5, 5.41) is 3.78. The van der Waals surface area contributed by atoms with Crippen LogP contribution in [0, 0.1) is 5.92 Å². The Bertz CT molecular complexity index is 248. The molecule has 0 amide bonds. The van der Waals surface area contributed by atoms with Crippen molar-refractivity contribution >= 4 is 0 Å².